The molecule has 8 rings (SSSR count). The van der Waals surface area contributed by atoms with Crippen LogP contribution in [0.1, 0.15) is 0 Å². The summed E-state index contributed by atoms with van der Waals surface area (Å²) in [7, 11) is -2.86. The zero-order valence-corrected chi connectivity index (χ0v) is 39.7. The predicted molar refractivity (Wildman–Crippen MR) is 256 cm³/mol. The first-order valence-electron chi connectivity index (χ1n) is 18.5. The first-order valence-corrected chi connectivity index (χ1v) is 25.0. The van der Waals surface area contributed by atoms with Crippen molar-refractivity contribution in [1.29, 1.82) is 0 Å². The molecule has 0 aromatic heterocycles. The van der Waals surface area contributed by atoms with Crippen molar-refractivity contribution in [2.75, 3.05) is 5.90 Å². The summed E-state index contributed by atoms with van der Waals surface area (Å²) in [5.41, 5.74) is 0. The molecule has 0 saturated heterocycles. The molecule has 8 heteroatoms. The topological polar surface area (TPSA) is 0 Å². The number of halogens is 2. The van der Waals surface area contributed by atoms with Crippen molar-refractivity contribution in [1.82, 2.24) is 0 Å². The number of benzene rings is 8. The van der Waals surface area contributed by atoms with Gasteiger partial charge in [0.1, 0.15) is 0 Å². The third kappa shape index (κ3) is 12.2. The van der Waals surface area contributed by atoms with Crippen LogP contribution in [0.2, 0.25) is 0 Å². The van der Waals surface area contributed by atoms with Crippen LogP contribution in [0, 0.1) is 0 Å². The van der Waals surface area contributed by atoms with E-state index in [2.05, 4.69) is 218 Å². The van der Waals surface area contributed by atoms with Gasteiger partial charge in [0.05, 0.1) is 0 Å². The Balaban J connectivity index is 0.000000214. The smallest absolute Gasteiger partial charge is 0.0900 e. The first-order chi connectivity index (χ1) is 27.6. The molecule has 8 aromatic carbocycles. The Morgan fingerprint density at radius 3 is 0.586 bits per heavy atom. The van der Waals surface area contributed by atoms with Crippen molar-refractivity contribution >= 4 is 97.3 Å². The standard InChI is InChI=1S/C25H20Cl2P2.C25H22P2.2Pd/c26-25(27,28(21-13-5-1-6-14-21)22-15-7-2-8-16-22)29(23-17-9-3-10-18-23)24-19-11-4-12-20-24;1-5-13-22(14-6-1)26(23-15-7-2-8-16-23)21-27(24-17-9-3-10-18-24)25-19-11-4-12-20-25;;/h1-20H;1-20H,21H2;;. The van der Waals surface area contributed by atoms with E-state index in [9.17, 15) is 0 Å². The third-order valence-electron chi connectivity index (χ3n) is 9.15. The first kappa shape index (κ1) is 46.5. The SMILES string of the molecule is ClC(Cl)(P(c1ccccc1)c1ccccc1)P(c1ccccc1)c1ccccc1.[Pd].[Pd].c1ccc(P(CP(c2ccccc2)c2ccccc2)c2ccccc2)cc1. The van der Waals surface area contributed by atoms with E-state index >= 15 is 0 Å². The van der Waals surface area contributed by atoms with Crippen LogP contribution in [-0.4, -0.2) is 9.72 Å². The maximum absolute atomic E-state index is 7.43. The summed E-state index contributed by atoms with van der Waals surface area (Å²) in [6.07, 6.45) is 0. The van der Waals surface area contributed by atoms with Crippen LogP contribution >= 0.6 is 54.9 Å². The zero-order valence-electron chi connectivity index (χ0n) is 31.5. The van der Waals surface area contributed by atoms with Crippen LogP contribution in [0.4, 0.5) is 0 Å². The van der Waals surface area contributed by atoms with E-state index in [-0.39, 0.29) is 40.8 Å². The average molecular weight is 1050 g/mol. The summed E-state index contributed by atoms with van der Waals surface area (Å²) in [6.45, 7) is 0. The van der Waals surface area contributed by atoms with Crippen LogP contribution in [0.25, 0.3) is 0 Å². The molecule has 0 fully saturated rings. The van der Waals surface area contributed by atoms with Gasteiger partial charge in [0.15, 0.2) is 3.82 Å². The van der Waals surface area contributed by atoms with Gasteiger partial charge in [-0.15, -0.1) is 0 Å². The van der Waals surface area contributed by atoms with Gasteiger partial charge in [-0.25, -0.2) is 0 Å². The molecule has 0 atom stereocenters. The summed E-state index contributed by atoms with van der Waals surface area (Å²) in [5, 5.41) is 10.5. The van der Waals surface area contributed by atoms with Crippen molar-refractivity contribution in [2.24, 2.45) is 0 Å². The molecular weight excluding hydrogens is 1010 g/mol. The van der Waals surface area contributed by atoms with Gasteiger partial charge in [0, 0.05) is 46.7 Å². The Bertz CT molecular complexity index is 1990. The zero-order chi connectivity index (χ0) is 38.4. The Hall–Kier alpha value is -2.62. The molecule has 0 aliphatic rings. The van der Waals surface area contributed by atoms with Gasteiger partial charge in [0.25, 0.3) is 0 Å². The fourth-order valence-electron chi connectivity index (χ4n) is 6.53. The fourth-order valence-corrected chi connectivity index (χ4v) is 21.2. The monoisotopic (exact) mass is 1050 g/mol. The molecule has 296 valence electrons. The molecule has 0 bridgehead atoms. The van der Waals surface area contributed by atoms with Gasteiger partial charge in [-0.2, -0.15) is 0 Å². The summed E-state index contributed by atoms with van der Waals surface area (Å²) in [5.74, 6) is 1.17. The number of rotatable bonds is 12. The fraction of sp³-hybridized carbons (Fsp3) is 0.0400. The van der Waals surface area contributed by atoms with Crippen LogP contribution in [0.3, 0.4) is 0 Å². The largest absolute Gasteiger partial charge is 0.171 e. The van der Waals surface area contributed by atoms with E-state index in [1.807, 2.05) is 24.3 Å². The number of hydrogen-bond donors (Lipinski definition) is 0. The molecule has 0 aliphatic heterocycles. The number of hydrogen-bond acceptors (Lipinski definition) is 0. The second kappa shape index (κ2) is 24.0. The summed E-state index contributed by atoms with van der Waals surface area (Å²) < 4.78 is -0.976. The minimum absolute atomic E-state index is 0. The van der Waals surface area contributed by atoms with E-state index in [1.54, 1.807) is 0 Å². The molecule has 0 N–H and O–H groups in total. The predicted octanol–water partition coefficient (Wildman–Crippen LogP) is 11.5. The Morgan fingerprint density at radius 2 is 0.414 bits per heavy atom. The molecule has 0 saturated carbocycles. The third-order valence-corrected chi connectivity index (χ3v) is 22.7. The maximum atomic E-state index is 7.43. The minimum atomic E-state index is -1.02. The Kier molecular flexibility index (Phi) is 19.2. The van der Waals surface area contributed by atoms with Crippen molar-refractivity contribution < 1.29 is 40.8 Å². The van der Waals surface area contributed by atoms with Crippen LogP contribution in [-0.2, 0) is 40.8 Å². The second-order valence-corrected chi connectivity index (χ2v) is 25.3. The van der Waals surface area contributed by atoms with E-state index in [1.165, 1.54) is 48.3 Å². The van der Waals surface area contributed by atoms with Gasteiger partial charge in [-0.05, 0) is 74.1 Å². The maximum Gasteiger partial charge on any atom is 0.171 e. The average Bonchev–Trinajstić information content (AvgIpc) is 3.27. The van der Waals surface area contributed by atoms with Crippen LogP contribution in [0.15, 0.2) is 243 Å². The molecule has 0 nitrogen and oxygen atoms in total. The van der Waals surface area contributed by atoms with Crippen molar-refractivity contribution in [3.8, 4) is 0 Å². The molecular formula is C50H42Cl2P4Pd2. The summed E-state index contributed by atoms with van der Waals surface area (Å²) in [6, 6.07) is 85.9. The summed E-state index contributed by atoms with van der Waals surface area (Å²) in [4.78, 5) is 0. The van der Waals surface area contributed by atoms with Crippen LogP contribution < -0.4 is 42.4 Å². The molecule has 0 amide bonds. The van der Waals surface area contributed by atoms with Crippen molar-refractivity contribution in [2.45, 2.75) is 3.82 Å². The van der Waals surface area contributed by atoms with Gasteiger partial charge in [0.2, 0.25) is 0 Å². The van der Waals surface area contributed by atoms with Gasteiger partial charge in [-0.1, -0.05) is 266 Å². The second-order valence-electron chi connectivity index (χ2n) is 12.9. The Labute approximate surface area is 387 Å². The van der Waals surface area contributed by atoms with E-state index in [0.29, 0.717) is 0 Å². The van der Waals surface area contributed by atoms with Crippen LogP contribution in [0.5, 0.6) is 0 Å². The molecule has 0 unspecified atom stereocenters. The minimum Gasteiger partial charge on any atom is -0.0900 e. The van der Waals surface area contributed by atoms with E-state index in [4.69, 9.17) is 23.2 Å². The number of alkyl halides is 2. The molecule has 0 spiro atoms. The summed E-state index contributed by atoms with van der Waals surface area (Å²) >= 11 is 14.9. The normalized spacial score (nSPS) is 11.0. The van der Waals surface area contributed by atoms with Gasteiger partial charge in [-0.3, -0.25) is 0 Å². The molecule has 0 heterocycles. The molecule has 58 heavy (non-hydrogen) atoms. The van der Waals surface area contributed by atoms with Crippen molar-refractivity contribution in [3.63, 3.8) is 0 Å². The quantitative estimate of drug-likeness (QED) is 0.0650. The van der Waals surface area contributed by atoms with Crippen molar-refractivity contribution in [3.05, 3.63) is 243 Å². The van der Waals surface area contributed by atoms with E-state index < -0.39 is 35.5 Å². The van der Waals surface area contributed by atoms with E-state index in [0.717, 1.165) is 0 Å². The molecule has 0 radical (unpaired) electrons. The molecule has 0 aliphatic carbocycles. The molecule has 8 aromatic rings. The van der Waals surface area contributed by atoms with Gasteiger partial charge < -0.3 is 0 Å². The Morgan fingerprint density at radius 1 is 0.259 bits per heavy atom. The van der Waals surface area contributed by atoms with Gasteiger partial charge >= 0.3 is 0 Å².